The van der Waals surface area contributed by atoms with Crippen molar-refractivity contribution in [3.63, 3.8) is 0 Å². The maximum atomic E-state index is 5.77. The molecule has 1 aromatic carbocycles. The highest BCUT2D eigenvalue weighted by Crippen LogP contribution is 2.15. The minimum atomic E-state index is 0.722. The predicted octanol–water partition coefficient (Wildman–Crippen LogP) is 1.62. The van der Waals surface area contributed by atoms with Crippen LogP contribution in [0.2, 0.25) is 5.02 Å². The normalized spacial score (nSPS) is 10.6. The molecule has 0 spiro atoms. The minimum Gasteiger partial charge on any atom is -0.362 e. The molecule has 0 fully saturated rings. The number of fused-ring (bicyclic) bond motifs is 1. The SMILES string of the molecule is [B]c1c[nH]c2cc(Cl)ccc12. The van der Waals surface area contributed by atoms with Gasteiger partial charge in [0.25, 0.3) is 0 Å². The van der Waals surface area contributed by atoms with Crippen LogP contribution in [-0.4, -0.2) is 12.8 Å². The summed E-state index contributed by atoms with van der Waals surface area (Å²) < 4.78 is 0. The number of aromatic amines is 1. The number of hydrogen-bond acceptors (Lipinski definition) is 0. The Balaban J connectivity index is 2.86. The van der Waals surface area contributed by atoms with Gasteiger partial charge in [0, 0.05) is 10.5 Å². The summed E-state index contributed by atoms with van der Waals surface area (Å²) in [5, 5.41) is 1.74. The lowest BCUT2D eigenvalue weighted by atomic mass is 9.96. The molecule has 0 aliphatic carbocycles. The number of rotatable bonds is 0. The average Bonchev–Trinajstić information content (AvgIpc) is 2.32. The number of aromatic nitrogens is 1. The zero-order valence-corrected chi connectivity index (χ0v) is 6.52. The number of halogens is 1. The second-order valence-electron chi connectivity index (χ2n) is 2.43. The van der Waals surface area contributed by atoms with Gasteiger partial charge in [0.05, 0.1) is 0 Å². The largest absolute Gasteiger partial charge is 0.362 e. The van der Waals surface area contributed by atoms with Crippen molar-refractivity contribution in [1.29, 1.82) is 0 Å². The van der Waals surface area contributed by atoms with E-state index in [-0.39, 0.29) is 0 Å². The van der Waals surface area contributed by atoms with Gasteiger partial charge in [-0.15, -0.1) is 0 Å². The molecule has 0 bridgehead atoms. The fourth-order valence-corrected chi connectivity index (χ4v) is 1.29. The van der Waals surface area contributed by atoms with Crippen molar-refractivity contribution < 1.29 is 0 Å². The molecule has 0 aliphatic heterocycles. The molecular weight excluding hydrogens is 156 g/mol. The van der Waals surface area contributed by atoms with Gasteiger partial charge in [0.2, 0.25) is 0 Å². The number of H-pyrrole nitrogens is 1. The van der Waals surface area contributed by atoms with Crippen LogP contribution in [0.4, 0.5) is 0 Å². The Morgan fingerprint density at radius 3 is 3.00 bits per heavy atom. The van der Waals surface area contributed by atoms with Crippen molar-refractivity contribution in [2.75, 3.05) is 0 Å². The Hall–Kier alpha value is -0.885. The van der Waals surface area contributed by atoms with Crippen LogP contribution < -0.4 is 5.46 Å². The smallest absolute Gasteiger partial charge is 0.116 e. The predicted molar refractivity (Wildman–Crippen MR) is 48.7 cm³/mol. The Bertz CT molecular complexity index is 394. The van der Waals surface area contributed by atoms with Crippen LogP contribution in [0, 0.1) is 0 Å². The molecule has 2 radical (unpaired) electrons. The molecule has 1 aromatic heterocycles. The van der Waals surface area contributed by atoms with Crippen LogP contribution in [0.3, 0.4) is 0 Å². The van der Waals surface area contributed by atoms with E-state index in [1.165, 1.54) is 0 Å². The highest BCUT2D eigenvalue weighted by molar-refractivity contribution is 6.39. The Labute approximate surface area is 70.8 Å². The molecular formula is C8H5BClN. The molecule has 3 heteroatoms. The van der Waals surface area contributed by atoms with E-state index in [1.807, 2.05) is 18.2 Å². The van der Waals surface area contributed by atoms with Crippen LogP contribution >= 0.6 is 11.6 Å². The lowest BCUT2D eigenvalue weighted by molar-refractivity contribution is 1.49. The molecule has 0 amide bonds. The third-order valence-corrected chi connectivity index (χ3v) is 1.91. The van der Waals surface area contributed by atoms with E-state index >= 15 is 0 Å². The van der Waals surface area contributed by atoms with Gasteiger partial charge in [0.1, 0.15) is 7.85 Å². The molecule has 0 aliphatic rings. The number of benzene rings is 1. The maximum absolute atomic E-state index is 5.77. The van der Waals surface area contributed by atoms with Crippen LogP contribution in [0.15, 0.2) is 24.4 Å². The van der Waals surface area contributed by atoms with Crippen LogP contribution in [0.25, 0.3) is 10.9 Å². The summed E-state index contributed by atoms with van der Waals surface area (Å²) in [6.45, 7) is 0. The van der Waals surface area contributed by atoms with Gasteiger partial charge in [0.15, 0.2) is 0 Å². The van der Waals surface area contributed by atoms with Crippen molar-refractivity contribution in [3.05, 3.63) is 29.4 Å². The minimum absolute atomic E-state index is 0.722. The van der Waals surface area contributed by atoms with Crippen LogP contribution in [0.5, 0.6) is 0 Å². The number of nitrogens with one attached hydrogen (secondary N) is 1. The molecule has 0 unspecified atom stereocenters. The quantitative estimate of drug-likeness (QED) is 0.565. The van der Waals surface area contributed by atoms with Gasteiger partial charge in [-0.05, 0) is 23.7 Å². The molecule has 11 heavy (non-hydrogen) atoms. The summed E-state index contributed by atoms with van der Waals surface area (Å²) in [6, 6.07) is 5.59. The second kappa shape index (κ2) is 2.31. The highest BCUT2D eigenvalue weighted by Gasteiger charge is 1.97. The Kier molecular flexibility index (Phi) is 1.43. The molecule has 1 nitrogen and oxygen atoms in total. The van der Waals surface area contributed by atoms with Crippen LogP contribution in [0.1, 0.15) is 0 Å². The summed E-state index contributed by atoms with van der Waals surface area (Å²) in [7, 11) is 5.65. The first-order chi connectivity index (χ1) is 5.27. The van der Waals surface area contributed by atoms with E-state index in [4.69, 9.17) is 19.4 Å². The van der Waals surface area contributed by atoms with E-state index in [1.54, 1.807) is 6.20 Å². The molecule has 1 heterocycles. The third-order valence-electron chi connectivity index (χ3n) is 1.68. The third kappa shape index (κ3) is 1.03. The van der Waals surface area contributed by atoms with E-state index in [0.717, 1.165) is 21.4 Å². The summed E-state index contributed by atoms with van der Waals surface area (Å²) in [5.74, 6) is 0. The summed E-state index contributed by atoms with van der Waals surface area (Å²) in [6.07, 6.45) is 1.76. The van der Waals surface area contributed by atoms with Crippen LogP contribution in [-0.2, 0) is 0 Å². The van der Waals surface area contributed by atoms with Crippen molar-refractivity contribution in [3.8, 4) is 0 Å². The van der Waals surface area contributed by atoms with Crippen molar-refractivity contribution in [1.82, 2.24) is 4.98 Å². The van der Waals surface area contributed by atoms with E-state index in [0.29, 0.717) is 0 Å². The van der Waals surface area contributed by atoms with E-state index in [9.17, 15) is 0 Å². The number of hydrogen-bond donors (Lipinski definition) is 1. The van der Waals surface area contributed by atoms with Gasteiger partial charge in [-0.2, -0.15) is 0 Å². The molecule has 0 atom stereocenters. The highest BCUT2D eigenvalue weighted by atomic mass is 35.5. The topological polar surface area (TPSA) is 15.8 Å². The first-order valence-corrected chi connectivity index (χ1v) is 3.67. The van der Waals surface area contributed by atoms with E-state index in [2.05, 4.69) is 4.98 Å². The Morgan fingerprint density at radius 1 is 1.36 bits per heavy atom. The van der Waals surface area contributed by atoms with Crippen molar-refractivity contribution >= 4 is 35.8 Å². The fraction of sp³-hybridized carbons (Fsp3) is 0. The average molecular weight is 161 g/mol. The van der Waals surface area contributed by atoms with Crippen molar-refractivity contribution in [2.45, 2.75) is 0 Å². The monoisotopic (exact) mass is 161 g/mol. The zero-order chi connectivity index (χ0) is 7.84. The maximum Gasteiger partial charge on any atom is 0.116 e. The molecule has 1 N–H and O–H groups in total. The first kappa shape index (κ1) is 6.80. The zero-order valence-electron chi connectivity index (χ0n) is 5.76. The molecule has 52 valence electrons. The molecule has 2 aromatic rings. The summed E-state index contributed by atoms with van der Waals surface area (Å²) in [5.41, 5.74) is 1.74. The lowest BCUT2D eigenvalue weighted by Gasteiger charge is -1.91. The Morgan fingerprint density at radius 2 is 2.18 bits per heavy atom. The second-order valence-corrected chi connectivity index (χ2v) is 2.87. The first-order valence-electron chi connectivity index (χ1n) is 3.29. The van der Waals surface area contributed by atoms with Gasteiger partial charge >= 0.3 is 0 Å². The van der Waals surface area contributed by atoms with Gasteiger partial charge in [-0.25, -0.2) is 0 Å². The van der Waals surface area contributed by atoms with Gasteiger partial charge in [-0.3, -0.25) is 0 Å². The van der Waals surface area contributed by atoms with E-state index < -0.39 is 0 Å². The summed E-state index contributed by atoms with van der Waals surface area (Å²) in [4.78, 5) is 3.02. The molecule has 0 saturated carbocycles. The summed E-state index contributed by atoms with van der Waals surface area (Å²) >= 11 is 5.77. The van der Waals surface area contributed by atoms with Crippen molar-refractivity contribution in [2.24, 2.45) is 0 Å². The van der Waals surface area contributed by atoms with Gasteiger partial charge < -0.3 is 4.98 Å². The lowest BCUT2D eigenvalue weighted by Crippen LogP contribution is -1.96. The molecule has 2 rings (SSSR count). The fourth-order valence-electron chi connectivity index (χ4n) is 1.12. The standard InChI is InChI=1S/C8H5BClN/c9-7-4-11-8-3-5(10)1-2-6(7)8/h1-4,11H. The molecule has 0 saturated heterocycles. The van der Waals surface area contributed by atoms with Gasteiger partial charge in [-0.1, -0.05) is 23.1 Å².